The zero-order valence-corrected chi connectivity index (χ0v) is 14.7. The number of nitrogens with one attached hydrogen (secondary N) is 1. The number of aromatic nitrogens is 5. The molecule has 4 rings (SSSR count). The Morgan fingerprint density at radius 1 is 1.36 bits per heavy atom. The molecule has 0 saturated carbocycles. The van der Waals surface area contributed by atoms with E-state index in [0.717, 1.165) is 48.6 Å². The van der Waals surface area contributed by atoms with Crippen molar-refractivity contribution in [2.75, 3.05) is 18.0 Å². The molecule has 1 aliphatic rings. The van der Waals surface area contributed by atoms with E-state index in [9.17, 15) is 0 Å². The lowest BCUT2D eigenvalue weighted by Crippen LogP contribution is -2.45. The molecule has 130 valence electrons. The fourth-order valence-electron chi connectivity index (χ4n) is 3.52. The van der Waals surface area contributed by atoms with Gasteiger partial charge in [-0.25, -0.2) is 4.98 Å². The first-order valence-corrected chi connectivity index (χ1v) is 8.75. The van der Waals surface area contributed by atoms with E-state index in [1.54, 1.807) is 6.20 Å². The number of hydrogen-bond donors (Lipinski definition) is 1. The van der Waals surface area contributed by atoms with E-state index in [1.165, 1.54) is 12.0 Å². The Hall–Kier alpha value is -2.54. The number of anilines is 1. The van der Waals surface area contributed by atoms with Gasteiger partial charge in [0.15, 0.2) is 11.5 Å². The quantitative estimate of drug-likeness (QED) is 0.783. The first kappa shape index (κ1) is 16.0. The fraction of sp³-hybridized carbons (Fsp3) is 0.444. The normalized spacial score (nSPS) is 18.0. The van der Waals surface area contributed by atoms with Crippen LogP contribution in [0.2, 0.25) is 0 Å². The predicted octanol–water partition coefficient (Wildman–Crippen LogP) is 1.83. The lowest BCUT2D eigenvalue weighted by atomic mass is 10.1. The summed E-state index contributed by atoms with van der Waals surface area (Å²) in [6.07, 6.45) is 6.00. The number of piperidine rings is 1. The van der Waals surface area contributed by atoms with E-state index in [0.29, 0.717) is 6.04 Å². The van der Waals surface area contributed by atoms with Crippen LogP contribution in [0.1, 0.15) is 24.1 Å². The zero-order chi connectivity index (χ0) is 17.2. The maximum absolute atomic E-state index is 4.56. The Bertz CT molecular complexity index is 858. The molecular formula is C18H23N7. The van der Waals surface area contributed by atoms with Gasteiger partial charge in [0, 0.05) is 50.5 Å². The summed E-state index contributed by atoms with van der Waals surface area (Å²) in [5.74, 6) is 0.961. The Balaban J connectivity index is 1.42. The van der Waals surface area contributed by atoms with Crippen LogP contribution in [0, 0.1) is 6.92 Å². The lowest BCUT2D eigenvalue weighted by molar-refractivity contribution is 0.419. The van der Waals surface area contributed by atoms with Crippen molar-refractivity contribution in [2.24, 2.45) is 7.05 Å². The Morgan fingerprint density at radius 2 is 2.28 bits per heavy atom. The SMILES string of the molecule is Cc1nn(C)c2ncc(CN[C@H]3CCCN(c4cccnn4)C3)cc12. The first-order chi connectivity index (χ1) is 12.2. The maximum atomic E-state index is 4.56. The monoisotopic (exact) mass is 337 g/mol. The molecule has 1 fully saturated rings. The molecule has 3 aromatic rings. The summed E-state index contributed by atoms with van der Waals surface area (Å²) in [6.45, 7) is 4.84. The van der Waals surface area contributed by atoms with Gasteiger partial charge in [0.2, 0.25) is 0 Å². The second-order valence-corrected chi connectivity index (χ2v) is 6.67. The highest BCUT2D eigenvalue weighted by molar-refractivity contribution is 5.78. The topological polar surface area (TPSA) is 71.8 Å². The van der Waals surface area contributed by atoms with Crippen LogP contribution < -0.4 is 10.2 Å². The third-order valence-corrected chi connectivity index (χ3v) is 4.82. The van der Waals surface area contributed by atoms with E-state index in [-0.39, 0.29) is 0 Å². The van der Waals surface area contributed by atoms with Crippen LogP contribution in [-0.2, 0) is 13.6 Å². The first-order valence-electron chi connectivity index (χ1n) is 8.75. The average molecular weight is 337 g/mol. The lowest BCUT2D eigenvalue weighted by Gasteiger charge is -2.33. The van der Waals surface area contributed by atoms with Crippen molar-refractivity contribution in [1.29, 1.82) is 0 Å². The fourth-order valence-corrected chi connectivity index (χ4v) is 3.52. The van der Waals surface area contributed by atoms with Crippen molar-refractivity contribution in [3.63, 3.8) is 0 Å². The van der Waals surface area contributed by atoms with Crippen LogP contribution in [0.15, 0.2) is 30.6 Å². The van der Waals surface area contributed by atoms with E-state index < -0.39 is 0 Å². The molecule has 4 heterocycles. The van der Waals surface area contributed by atoms with Gasteiger partial charge < -0.3 is 10.2 Å². The number of aryl methyl sites for hydroxylation is 2. The van der Waals surface area contributed by atoms with Crippen LogP contribution in [-0.4, -0.2) is 44.1 Å². The van der Waals surface area contributed by atoms with Gasteiger partial charge in [-0.15, -0.1) is 5.10 Å². The molecular weight excluding hydrogens is 314 g/mol. The van der Waals surface area contributed by atoms with Crippen molar-refractivity contribution in [1.82, 2.24) is 30.3 Å². The molecule has 1 N–H and O–H groups in total. The minimum Gasteiger partial charge on any atom is -0.354 e. The van der Waals surface area contributed by atoms with Crippen LogP contribution in [0.25, 0.3) is 11.0 Å². The summed E-state index contributed by atoms with van der Waals surface area (Å²) >= 11 is 0. The van der Waals surface area contributed by atoms with Crippen molar-refractivity contribution in [3.05, 3.63) is 41.9 Å². The predicted molar refractivity (Wildman–Crippen MR) is 97.4 cm³/mol. The molecule has 1 atom stereocenters. The summed E-state index contributed by atoms with van der Waals surface area (Å²) in [6, 6.07) is 6.61. The molecule has 0 bridgehead atoms. The molecule has 7 heteroatoms. The second-order valence-electron chi connectivity index (χ2n) is 6.67. The van der Waals surface area contributed by atoms with Crippen molar-refractivity contribution in [3.8, 4) is 0 Å². The third-order valence-electron chi connectivity index (χ3n) is 4.82. The zero-order valence-electron chi connectivity index (χ0n) is 14.7. The number of nitrogens with zero attached hydrogens (tertiary/aromatic N) is 6. The highest BCUT2D eigenvalue weighted by atomic mass is 15.3. The van der Waals surface area contributed by atoms with E-state index in [4.69, 9.17) is 0 Å². The van der Waals surface area contributed by atoms with Crippen molar-refractivity contribution in [2.45, 2.75) is 32.4 Å². The minimum absolute atomic E-state index is 0.446. The van der Waals surface area contributed by atoms with Gasteiger partial charge in [0.05, 0.1) is 5.69 Å². The molecule has 0 unspecified atom stereocenters. The summed E-state index contributed by atoms with van der Waals surface area (Å²) < 4.78 is 1.84. The summed E-state index contributed by atoms with van der Waals surface area (Å²) in [7, 11) is 1.93. The maximum Gasteiger partial charge on any atom is 0.157 e. The van der Waals surface area contributed by atoms with E-state index >= 15 is 0 Å². The van der Waals surface area contributed by atoms with Gasteiger partial charge in [-0.3, -0.25) is 4.68 Å². The summed E-state index contributed by atoms with van der Waals surface area (Å²) in [4.78, 5) is 6.87. The van der Waals surface area contributed by atoms with Crippen molar-refractivity contribution >= 4 is 16.9 Å². The highest BCUT2D eigenvalue weighted by Crippen LogP contribution is 2.19. The number of hydrogen-bond acceptors (Lipinski definition) is 6. The summed E-state index contributed by atoms with van der Waals surface area (Å²) in [5, 5.41) is 17.5. The molecule has 0 aliphatic carbocycles. The standard InChI is InChI=1S/C18H23N7/c1-13-16-9-14(11-20-18(16)24(2)23-13)10-19-15-5-4-8-25(12-15)17-6-3-7-21-22-17/h3,6-7,9,11,15,19H,4-5,8,10,12H2,1-2H3/t15-/m0/s1. The van der Waals surface area contributed by atoms with Crippen LogP contribution in [0.3, 0.4) is 0 Å². The molecule has 0 amide bonds. The van der Waals surface area contributed by atoms with Gasteiger partial charge in [-0.05, 0) is 43.5 Å². The van der Waals surface area contributed by atoms with Crippen LogP contribution in [0.4, 0.5) is 5.82 Å². The van der Waals surface area contributed by atoms with Crippen LogP contribution in [0.5, 0.6) is 0 Å². The Morgan fingerprint density at radius 3 is 3.12 bits per heavy atom. The molecule has 25 heavy (non-hydrogen) atoms. The summed E-state index contributed by atoms with van der Waals surface area (Å²) in [5.41, 5.74) is 3.16. The number of pyridine rings is 1. The minimum atomic E-state index is 0.446. The largest absolute Gasteiger partial charge is 0.354 e. The second kappa shape index (κ2) is 6.76. The number of rotatable bonds is 4. The smallest absolute Gasteiger partial charge is 0.157 e. The molecule has 0 radical (unpaired) electrons. The third kappa shape index (κ3) is 3.32. The van der Waals surface area contributed by atoms with Gasteiger partial charge >= 0.3 is 0 Å². The van der Waals surface area contributed by atoms with Gasteiger partial charge in [-0.2, -0.15) is 10.2 Å². The van der Waals surface area contributed by atoms with Crippen LogP contribution >= 0.6 is 0 Å². The Labute approximate surface area is 147 Å². The average Bonchev–Trinajstić information content (AvgIpc) is 2.94. The van der Waals surface area contributed by atoms with E-state index in [2.05, 4.69) is 36.6 Å². The molecule has 0 spiro atoms. The molecule has 1 saturated heterocycles. The van der Waals surface area contributed by atoms with Gasteiger partial charge in [0.25, 0.3) is 0 Å². The van der Waals surface area contributed by atoms with Crippen molar-refractivity contribution < 1.29 is 0 Å². The molecule has 7 nitrogen and oxygen atoms in total. The number of fused-ring (bicyclic) bond motifs is 1. The van der Waals surface area contributed by atoms with Gasteiger partial charge in [-0.1, -0.05) is 0 Å². The molecule has 3 aromatic heterocycles. The molecule has 1 aliphatic heterocycles. The Kier molecular flexibility index (Phi) is 4.31. The van der Waals surface area contributed by atoms with Gasteiger partial charge in [0.1, 0.15) is 0 Å². The van der Waals surface area contributed by atoms with E-state index in [1.807, 2.05) is 37.0 Å². The highest BCUT2D eigenvalue weighted by Gasteiger charge is 2.20. The molecule has 0 aromatic carbocycles.